The van der Waals surface area contributed by atoms with Crippen LogP contribution in [-0.4, -0.2) is 73.1 Å². The van der Waals surface area contributed by atoms with E-state index in [9.17, 15) is 0 Å². The maximum absolute atomic E-state index is 8.74. The van der Waals surface area contributed by atoms with Crippen molar-refractivity contribution in [2.24, 2.45) is 0 Å². The van der Waals surface area contributed by atoms with E-state index in [1.165, 1.54) is 0 Å². The second kappa shape index (κ2) is 8.51. The first kappa shape index (κ1) is 22.7. The summed E-state index contributed by atoms with van der Waals surface area (Å²) < 4.78 is 31.6. The molecule has 0 spiro atoms. The van der Waals surface area contributed by atoms with E-state index in [1.54, 1.807) is 0 Å². The van der Waals surface area contributed by atoms with Crippen molar-refractivity contribution in [3.63, 3.8) is 0 Å². The SMILES string of the molecule is O.O=S(=O)(O)O.[BiH3].[SnH2]. The molecule has 0 fully saturated rings. The van der Waals surface area contributed by atoms with Gasteiger partial charge in [0.1, 0.15) is 0 Å². The van der Waals surface area contributed by atoms with Crippen LogP contribution in [0.15, 0.2) is 0 Å². The first-order chi connectivity index (χ1) is 2.00. The van der Waals surface area contributed by atoms with Gasteiger partial charge in [-0.25, -0.2) is 0 Å². The van der Waals surface area contributed by atoms with E-state index in [1.807, 2.05) is 0 Å². The van der Waals surface area contributed by atoms with Crippen LogP contribution in [0.5, 0.6) is 0 Å². The molecule has 8 heavy (non-hydrogen) atoms. The molecule has 0 heterocycles. The number of rotatable bonds is 0. The molecular formula is H9BiO5SSn. The standard InChI is InChI=1S/Bi.H2O4S.H2O.Sn.5H/c;1-5(2,3)4;;;;;;;/h;(H2,1,2,3,4);1H2;;;;;;. The van der Waals surface area contributed by atoms with E-state index in [0.29, 0.717) is 0 Å². The normalized spacial score (nSPS) is 7.25. The molecule has 0 atom stereocenters. The predicted octanol–water partition coefficient (Wildman–Crippen LogP) is -3.58. The van der Waals surface area contributed by atoms with Crippen molar-refractivity contribution in [2.45, 2.75) is 0 Å². The van der Waals surface area contributed by atoms with E-state index in [0.717, 1.165) is 0 Å². The Morgan fingerprint density at radius 1 is 1.12 bits per heavy atom. The van der Waals surface area contributed by atoms with Gasteiger partial charge in [0.15, 0.2) is 0 Å². The van der Waals surface area contributed by atoms with Gasteiger partial charge in [-0.15, -0.1) is 0 Å². The van der Waals surface area contributed by atoms with Gasteiger partial charge >= 0.3 is 60.5 Å². The van der Waals surface area contributed by atoms with Crippen LogP contribution >= 0.6 is 0 Å². The third kappa shape index (κ3) is 139. The van der Waals surface area contributed by atoms with Gasteiger partial charge < -0.3 is 5.48 Å². The second-order valence-electron chi connectivity index (χ2n) is 0.448. The summed E-state index contributed by atoms with van der Waals surface area (Å²) in [7, 11) is -4.67. The van der Waals surface area contributed by atoms with Gasteiger partial charge in [-0.1, -0.05) is 0 Å². The molecule has 0 amide bonds. The zero-order chi connectivity index (χ0) is 4.50. The van der Waals surface area contributed by atoms with Gasteiger partial charge in [0, 0.05) is 0 Å². The third-order valence-corrected chi connectivity index (χ3v) is 0. The molecule has 5 nitrogen and oxygen atoms in total. The van der Waals surface area contributed by atoms with Crippen LogP contribution in [0.2, 0.25) is 0 Å². The molecule has 54 valence electrons. The summed E-state index contributed by atoms with van der Waals surface area (Å²) in [6.07, 6.45) is 0. The summed E-state index contributed by atoms with van der Waals surface area (Å²) in [5.74, 6) is 0. The molecular weight excluding hydrogens is 440 g/mol. The van der Waals surface area contributed by atoms with Crippen LogP contribution in [0.1, 0.15) is 0 Å². The van der Waals surface area contributed by atoms with Crippen molar-refractivity contribution < 1.29 is 23.0 Å². The summed E-state index contributed by atoms with van der Waals surface area (Å²) in [5.41, 5.74) is 0. The Hall–Kier alpha value is 1.51. The minimum absolute atomic E-state index is 0. The molecule has 0 saturated carbocycles. The summed E-state index contributed by atoms with van der Waals surface area (Å²) in [6.45, 7) is 0. The van der Waals surface area contributed by atoms with E-state index < -0.39 is 10.4 Å². The van der Waals surface area contributed by atoms with Crippen LogP contribution < -0.4 is 0 Å². The van der Waals surface area contributed by atoms with Crippen molar-refractivity contribution in [2.75, 3.05) is 0 Å². The maximum atomic E-state index is 8.74. The Labute approximate surface area is 82.8 Å². The molecule has 0 aromatic rings. The molecule has 0 aliphatic rings. The fourth-order valence-electron chi connectivity index (χ4n) is 0. The molecule has 0 unspecified atom stereocenters. The molecule has 0 aromatic carbocycles. The predicted molar refractivity (Wildman–Crippen MR) is 36.3 cm³/mol. The van der Waals surface area contributed by atoms with E-state index >= 15 is 0 Å². The topological polar surface area (TPSA) is 106 Å². The fourth-order valence-corrected chi connectivity index (χ4v) is 0. The molecule has 8 heteroatoms. The van der Waals surface area contributed by atoms with Crippen LogP contribution in [0.3, 0.4) is 0 Å². The van der Waals surface area contributed by atoms with Crippen LogP contribution in [0.25, 0.3) is 0 Å². The molecule has 4 N–H and O–H groups in total. The van der Waals surface area contributed by atoms with Gasteiger partial charge in [0.2, 0.25) is 0 Å². The van der Waals surface area contributed by atoms with Crippen LogP contribution in [-0.2, 0) is 10.4 Å². The number of hydrogen-bond acceptors (Lipinski definition) is 2. The molecule has 0 aliphatic heterocycles. The van der Waals surface area contributed by atoms with Gasteiger partial charge in [-0.05, 0) is 0 Å². The number of hydrogen-bond donors (Lipinski definition) is 2. The Balaban J connectivity index is -0.0000000267. The van der Waals surface area contributed by atoms with E-state index in [-0.39, 0.29) is 55.6 Å². The summed E-state index contributed by atoms with van der Waals surface area (Å²) >= 11 is 0. The van der Waals surface area contributed by atoms with Crippen LogP contribution in [0.4, 0.5) is 0 Å². The average molecular weight is 449 g/mol. The van der Waals surface area contributed by atoms with Crippen molar-refractivity contribution in [1.82, 2.24) is 0 Å². The molecule has 0 rings (SSSR count). The van der Waals surface area contributed by atoms with E-state index in [2.05, 4.69) is 0 Å². The first-order valence-electron chi connectivity index (χ1n) is 0.698. The molecule has 0 bridgehead atoms. The quantitative estimate of drug-likeness (QED) is 0.295. The van der Waals surface area contributed by atoms with Crippen molar-refractivity contribution in [3.05, 3.63) is 0 Å². The van der Waals surface area contributed by atoms with Gasteiger partial charge in [-0.2, -0.15) is 8.42 Å². The fraction of sp³-hybridized carbons (Fsp3) is 0. The van der Waals surface area contributed by atoms with E-state index in [4.69, 9.17) is 17.5 Å². The Morgan fingerprint density at radius 3 is 1.12 bits per heavy atom. The zero-order valence-electron chi connectivity index (χ0n) is 4.03. The van der Waals surface area contributed by atoms with Crippen molar-refractivity contribution in [1.29, 1.82) is 0 Å². The summed E-state index contributed by atoms with van der Waals surface area (Å²) in [4.78, 5) is 0. The third-order valence-electron chi connectivity index (χ3n) is 0. The van der Waals surface area contributed by atoms with Gasteiger partial charge in [0.05, 0.1) is 0 Å². The van der Waals surface area contributed by atoms with Crippen molar-refractivity contribution >= 4 is 60.5 Å². The second-order valence-corrected chi connectivity index (χ2v) is 1.34. The van der Waals surface area contributed by atoms with Crippen molar-refractivity contribution in [3.8, 4) is 0 Å². The first-order valence-corrected chi connectivity index (χ1v) is 2.10. The zero-order valence-corrected chi connectivity index (χ0v) is 14.4. The van der Waals surface area contributed by atoms with Gasteiger partial charge in [0.25, 0.3) is 0 Å². The minimum atomic E-state index is -4.67. The molecule has 0 saturated heterocycles. The summed E-state index contributed by atoms with van der Waals surface area (Å²) in [5, 5.41) is 0. The Kier molecular flexibility index (Phi) is 24.1. The molecule has 0 aliphatic carbocycles. The monoisotopic (exact) mass is 450 g/mol. The molecule has 2 radical (unpaired) electrons. The average Bonchev–Trinajstić information content (AvgIpc) is 0.722. The van der Waals surface area contributed by atoms with Gasteiger partial charge in [-0.3, -0.25) is 9.11 Å². The Morgan fingerprint density at radius 2 is 1.12 bits per heavy atom. The summed E-state index contributed by atoms with van der Waals surface area (Å²) in [6, 6.07) is 0. The Bertz CT molecular complexity index is 95.6. The van der Waals surface area contributed by atoms with Crippen LogP contribution in [0, 0.1) is 0 Å². The molecule has 0 aromatic heterocycles.